The van der Waals surface area contributed by atoms with Crippen molar-refractivity contribution in [3.8, 4) is 0 Å². The predicted octanol–water partition coefficient (Wildman–Crippen LogP) is 6.22. The number of ether oxygens (including phenoxy) is 2. The van der Waals surface area contributed by atoms with Gasteiger partial charge in [-0.2, -0.15) is 0 Å². The first-order chi connectivity index (χ1) is 18.9. The standard InChI is InChI=1S/C28H24BrIN4O5/c29-21-16-20(17-31-18-21)26(35)32-12-14-39-28(37)34(23-10-8-22(30)9-11-23)13-15-38-27(36)33-25-7-3-5-19-4-1-2-6-24(19)25/h1-11,16-18H,12-15H2,(H,32,35)(H,33,36). The molecule has 11 heteroatoms. The Balaban J connectivity index is 1.31. The van der Waals surface area contributed by atoms with Gasteiger partial charge in [-0.05, 0) is 80.3 Å². The van der Waals surface area contributed by atoms with E-state index in [-0.39, 0.29) is 32.2 Å². The van der Waals surface area contributed by atoms with Crippen molar-refractivity contribution in [2.24, 2.45) is 0 Å². The summed E-state index contributed by atoms with van der Waals surface area (Å²) >= 11 is 5.45. The summed E-state index contributed by atoms with van der Waals surface area (Å²) in [4.78, 5) is 43.0. The van der Waals surface area contributed by atoms with Gasteiger partial charge in [0, 0.05) is 31.5 Å². The molecule has 4 rings (SSSR count). The molecule has 39 heavy (non-hydrogen) atoms. The van der Waals surface area contributed by atoms with Crippen molar-refractivity contribution in [3.05, 3.63) is 98.8 Å². The van der Waals surface area contributed by atoms with E-state index in [4.69, 9.17) is 9.47 Å². The Morgan fingerprint density at radius 2 is 1.69 bits per heavy atom. The Kier molecular flexibility index (Phi) is 10.1. The van der Waals surface area contributed by atoms with Crippen molar-refractivity contribution >= 4 is 78.8 Å². The number of nitrogens with one attached hydrogen (secondary N) is 2. The molecule has 0 aliphatic carbocycles. The molecule has 200 valence electrons. The maximum absolute atomic E-state index is 12.9. The van der Waals surface area contributed by atoms with Crippen molar-refractivity contribution < 1.29 is 23.9 Å². The van der Waals surface area contributed by atoms with Crippen LogP contribution in [-0.4, -0.2) is 49.4 Å². The second kappa shape index (κ2) is 13.9. The SMILES string of the molecule is O=C(Nc1cccc2ccccc12)OCCN(C(=O)OCCNC(=O)c1cncc(Br)c1)c1ccc(I)cc1. The molecule has 3 amide bonds. The highest BCUT2D eigenvalue weighted by Gasteiger charge is 2.18. The Hall–Kier alpha value is -3.71. The third-order valence-corrected chi connectivity index (χ3v) is 6.67. The zero-order chi connectivity index (χ0) is 27.6. The van der Waals surface area contributed by atoms with E-state index in [1.54, 1.807) is 30.5 Å². The molecule has 0 spiro atoms. The molecule has 3 aromatic carbocycles. The lowest BCUT2D eigenvalue weighted by atomic mass is 10.1. The normalized spacial score (nSPS) is 10.5. The van der Waals surface area contributed by atoms with Crippen LogP contribution in [0.15, 0.2) is 89.7 Å². The van der Waals surface area contributed by atoms with E-state index >= 15 is 0 Å². The lowest BCUT2D eigenvalue weighted by Crippen LogP contribution is -2.37. The van der Waals surface area contributed by atoms with Gasteiger partial charge in [0.05, 0.1) is 24.3 Å². The monoisotopic (exact) mass is 702 g/mol. The molecule has 0 saturated carbocycles. The van der Waals surface area contributed by atoms with Crippen molar-refractivity contribution in [1.29, 1.82) is 0 Å². The molecule has 0 aliphatic rings. The first-order valence-corrected chi connectivity index (χ1v) is 13.8. The van der Waals surface area contributed by atoms with Crippen LogP contribution in [0.3, 0.4) is 0 Å². The molecule has 0 aliphatic heterocycles. The summed E-state index contributed by atoms with van der Waals surface area (Å²) in [5.41, 5.74) is 1.60. The summed E-state index contributed by atoms with van der Waals surface area (Å²) in [7, 11) is 0. The fourth-order valence-corrected chi connectivity index (χ4v) is 4.40. The van der Waals surface area contributed by atoms with Crippen molar-refractivity contribution in [2.75, 3.05) is 36.5 Å². The molecule has 1 aromatic heterocycles. The van der Waals surface area contributed by atoms with Crippen LogP contribution in [0.5, 0.6) is 0 Å². The van der Waals surface area contributed by atoms with Crippen LogP contribution in [0.2, 0.25) is 0 Å². The number of pyridine rings is 1. The number of amides is 3. The highest BCUT2D eigenvalue weighted by atomic mass is 127. The molecule has 0 unspecified atom stereocenters. The Morgan fingerprint density at radius 3 is 2.49 bits per heavy atom. The molecule has 0 saturated heterocycles. The first-order valence-electron chi connectivity index (χ1n) is 11.9. The number of hydrogen-bond acceptors (Lipinski definition) is 6. The van der Waals surface area contributed by atoms with Crippen LogP contribution in [-0.2, 0) is 9.47 Å². The molecule has 0 bridgehead atoms. The van der Waals surface area contributed by atoms with Gasteiger partial charge in [-0.1, -0.05) is 36.4 Å². The number of nitrogens with zero attached hydrogens (tertiary/aromatic N) is 2. The van der Waals surface area contributed by atoms with Gasteiger partial charge in [0.15, 0.2) is 0 Å². The van der Waals surface area contributed by atoms with E-state index < -0.39 is 12.2 Å². The second-order valence-electron chi connectivity index (χ2n) is 8.18. The largest absolute Gasteiger partial charge is 0.447 e. The summed E-state index contributed by atoms with van der Waals surface area (Å²) in [6.07, 6.45) is 1.76. The summed E-state index contributed by atoms with van der Waals surface area (Å²) in [6, 6.07) is 22.2. The molecular formula is C28H24BrIN4O5. The van der Waals surface area contributed by atoms with Gasteiger partial charge >= 0.3 is 12.2 Å². The van der Waals surface area contributed by atoms with Crippen LogP contribution < -0.4 is 15.5 Å². The van der Waals surface area contributed by atoms with Crippen LogP contribution in [0.25, 0.3) is 10.8 Å². The zero-order valence-electron chi connectivity index (χ0n) is 20.6. The molecule has 0 fully saturated rings. The van der Waals surface area contributed by atoms with Gasteiger partial charge in [0.25, 0.3) is 5.91 Å². The quantitative estimate of drug-likeness (QED) is 0.158. The minimum Gasteiger partial charge on any atom is -0.447 e. The van der Waals surface area contributed by atoms with Gasteiger partial charge < -0.3 is 14.8 Å². The summed E-state index contributed by atoms with van der Waals surface area (Å²) in [5.74, 6) is -0.333. The molecule has 2 N–H and O–H groups in total. The zero-order valence-corrected chi connectivity index (χ0v) is 24.3. The predicted molar refractivity (Wildman–Crippen MR) is 161 cm³/mol. The van der Waals surface area contributed by atoms with E-state index in [0.717, 1.165) is 14.3 Å². The summed E-state index contributed by atoms with van der Waals surface area (Å²) in [5, 5.41) is 7.33. The van der Waals surface area contributed by atoms with Gasteiger partial charge in [0.2, 0.25) is 0 Å². The highest BCUT2D eigenvalue weighted by Crippen LogP contribution is 2.23. The smallest absolute Gasteiger partial charge is 0.414 e. The van der Waals surface area contributed by atoms with Crippen LogP contribution in [0.4, 0.5) is 21.0 Å². The number of fused-ring (bicyclic) bond motifs is 1. The third-order valence-electron chi connectivity index (χ3n) is 5.51. The second-order valence-corrected chi connectivity index (χ2v) is 10.3. The van der Waals surface area contributed by atoms with E-state index in [2.05, 4.69) is 54.1 Å². The van der Waals surface area contributed by atoms with Crippen LogP contribution in [0, 0.1) is 3.57 Å². The number of carbonyl (C=O) groups excluding carboxylic acids is 3. The number of rotatable bonds is 9. The fraction of sp³-hybridized carbons (Fsp3) is 0.143. The van der Waals surface area contributed by atoms with Crippen molar-refractivity contribution in [2.45, 2.75) is 0 Å². The van der Waals surface area contributed by atoms with Crippen LogP contribution >= 0.6 is 38.5 Å². The number of halogens is 2. The van der Waals surface area contributed by atoms with Gasteiger partial charge in [-0.3, -0.25) is 20.0 Å². The van der Waals surface area contributed by atoms with Gasteiger partial charge in [-0.25, -0.2) is 9.59 Å². The molecule has 9 nitrogen and oxygen atoms in total. The van der Waals surface area contributed by atoms with Crippen LogP contribution in [0.1, 0.15) is 10.4 Å². The number of aromatic nitrogens is 1. The van der Waals surface area contributed by atoms with E-state index in [0.29, 0.717) is 21.4 Å². The number of benzene rings is 3. The Morgan fingerprint density at radius 1 is 0.923 bits per heavy atom. The van der Waals surface area contributed by atoms with E-state index in [1.807, 2.05) is 48.5 Å². The lowest BCUT2D eigenvalue weighted by molar-refractivity contribution is 0.0935. The molecule has 0 radical (unpaired) electrons. The average molecular weight is 703 g/mol. The number of anilines is 2. The Bertz CT molecular complexity index is 1460. The maximum atomic E-state index is 12.9. The first kappa shape index (κ1) is 28.3. The number of carbonyl (C=O) groups is 3. The molecular weight excluding hydrogens is 679 g/mol. The van der Waals surface area contributed by atoms with Crippen molar-refractivity contribution in [3.63, 3.8) is 0 Å². The highest BCUT2D eigenvalue weighted by molar-refractivity contribution is 14.1. The minimum absolute atomic E-state index is 0.0463. The third kappa shape index (κ3) is 8.14. The van der Waals surface area contributed by atoms with E-state index in [9.17, 15) is 14.4 Å². The topological polar surface area (TPSA) is 110 Å². The fourth-order valence-electron chi connectivity index (χ4n) is 3.68. The summed E-state index contributed by atoms with van der Waals surface area (Å²) < 4.78 is 12.4. The Labute approximate surface area is 247 Å². The number of hydrogen-bond donors (Lipinski definition) is 2. The summed E-state index contributed by atoms with van der Waals surface area (Å²) in [6.45, 7) is 0.0691. The van der Waals surface area contributed by atoms with Crippen molar-refractivity contribution in [1.82, 2.24) is 10.3 Å². The maximum Gasteiger partial charge on any atom is 0.414 e. The molecule has 0 atom stereocenters. The lowest BCUT2D eigenvalue weighted by Gasteiger charge is -2.22. The average Bonchev–Trinajstić information content (AvgIpc) is 2.94. The van der Waals surface area contributed by atoms with Gasteiger partial charge in [0.1, 0.15) is 13.2 Å². The molecule has 4 aromatic rings. The van der Waals surface area contributed by atoms with E-state index in [1.165, 1.54) is 11.1 Å². The van der Waals surface area contributed by atoms with Gasteiger partial charge in [-0.15, -0.1) is 0 Å². The minimum atomic E-state index is -0.632. The molecule has 1 heterocycles.